The summed E-state index contributed by atoms with van der Waals surface area (Å²) in [4.78, 5) is 40.5. The summed E-state index contributed by atoms with van der Waals surface area (Å²) < 4.78 is 6.98. The summed E-state index contributed by atoms with van der Waals surface area (Å²) in [6.07, 6.45) is 0.669. The van der Waals surface area contributed by atoms with E-state index in [1.807, 2.05) is 41.3 Å². The first-order chi connectivity index (χ1) is 22.4. The van der Waals surface area contributed by atoms with Gasteiger partial charge in [0.15, 0.2) is 16.0 Å². The fourth-order valence-corrected chi connectivity index (χ4v) is 7.18. The fraction of sp³-hybridized carbons (Fsp3) is 0.125. The molecule has 0 bridgehead atoms. The van der Waals surface area contributed by atoms with Crippen LogP contribution in [0.25, 0.3) is 26.3 Å². The van der Waals surface area contributed by atoms with E-state index in [0.717, 1.165) is 21.3 Å². The molecule has 7 rings (SSSR count). The first-order valence-electron chi connectivity index (χ1n) is 14.1. The van der Waals surface area contributed by atoms with Gasteiger partial charge in [-0.15, -0.1) is 0 Å². The van der Waals surface area contributed by atoms with E-state index in [0.29, 0.717) is 57.2 Å². The predicted octanol–water partition coefficient (Wildman–Crippen LogP) is 6.37. The lowest BCUT2D eigenvalue weighted by Crippen LogP contribution is -2.32. The Bertz CT molecular complexity index is 2150. The van der Waals surface area contributed by atoms with Crippen molar-refractivity contribution in [3.05, 3.63) is 105 Å². The Balaban J connectivity index is 1.10. The molecule has 14 heteroatoms. The number of nitrogens with zero attached hydrogens (tertiary/aromatic N) is 5. The Morgan fingerprint density at radius 2 is 1.96 bits per heavy atom. The number of thiazole rings is 2. The average Bonchev–Trinajstić information content (AvgIpc) is 3.79. The summed E-state index contributed by atoms with van der Waals surface area (Å²) in [7, 11) is 0. The van der Waals surface area contributed by atoms with Crippen molar-refractivity contribution in [3.63, 3.8) is 0 Å². The maximum Gasteiger partial charge on any atom is 0.355 e. The van der Waals surface area contributed by atoms with Crippen molar-refractivity contribution in [2.24, 2.45) is 0 Å². The number of hydrogen-bond donors (Lipinski definition) is 4. The Morgan fingerprint density at radius 1 is 1.11 bits per heavy atom. The smallest absolute Gasteiger partial charge is 0.355 e. The first-order valence-corrected chi connectivity index (χ1v) is 15.7. The van der Waals surface area contributed by atoms with E-state index < -0.39 is 5.97 Å². The van der Waals surface area contributed by atoms with Crippen LogP contribution in [-0.4, -0.2) is 43.7 Å². The highest BCUT2D eigenvalue weighted by Crippen LogP contribution is 2.36. The lowest BCUT2D eigenvalue weighted by molar-refractivity contribution is 0.0688. The van der Waals surface area contributed by atoms with Crippen LogP contribution >= 0.6 is 22.7 Å². The maximum absolute atomic E-state index is 13.4. The van der Waals surface area contributed by atoms with Crippen molar-refractivity contribution in [1.82, 2.24) is 20.2 Å². The van der Waals surface area contributed by atoms with E-state index in [1.54, 1.807) is 30.3 Å². The summed E-state index contributed by atoms with van der Waals surface area (Å²) in [5, 5.41) is 20.7. The van der Waals surface area contributed by atoms with E-state index in [4.69, 9.17) is 17.0 Å². The number of para-hydroxylation sites is 1. The van der Waals surface area contributed by atoms with Crippen LogP contribution in [0.4, 0.5) is 21.8 Å². The number of carbonyl (C=O) groups is 2. The molecule has 1 aliphatic rings. The zero-order valence-electron chi connectivity index (χ0n) is 24.0. The van der Waals surface area contributed by atoms with Gasteiger partial charge in [-0.2, -0.15) is 5.10 Å². The van der Waals surface area contributed by atoms with Crippen LogP contribution in [0, 0.1) is 6.57 Å². The molecule has 0 atom stereocenters. The molecule has 0 saturated carbocycles. The summed E-state index contributed by atoms with van der Waals surface area (Å²) in [5.41, 5.74) is 10.3. The van der Waals surface area contributed by atoms with E-state index in [-0.39, 0.29) is 29.7 Å². The molecule has 46 heavy (non-hydrogen) atoms. The standard InChI is InChI=1S/C32H24N8O4S2/c1-34-27-25(38-39-28(27)33)18-7-4-8-19(14-18)44-16-24-26(30(42)43)36-32(46-24)40-13-12-17-6-5-9-20(21(17)15-40)29(41)37-31-35-22-10-2-3-11-23(22)45-31/h2-11,14H,12-13,15-16H2,(H,42,43)(H3,33,38,39)(H,35,37,41). The van der Waals surface area contributed by atoms with Crippen LogP contribution < -0.4 is 20.7 Å². The number of carboxylic acids is 1. The van der Waals surface area contributed by atoms with Gasteiger partial charge in [-0.25, -0.2) is 19.6 Å². The van der Waals surface area contributed by atoms with Crippen LogP contribution in [0.1, 0.15) is 36.9 Å². The molecule has 0 fully saturated rings. The van der Waals surface area contributed by atoms with Gasteiger partial charge in [0.1, 0.15) is 23.9 Å². The molecule has 0 spiro atoms. The van der Waals surface area contributed by atoms with Crippen LogP contribution in [-0.2, 0) is 19.6 Å². The van der Waals surface area contributed by atoms with Gasteiger partial charge in [0, 0.05) is 18.7 Å². The molecule has 0 saturated heterocycles. The average molecular weight is 649 g/mol. The molecule has 12 nitrogen and oxygen atoms in total. The Kier molecular flexibility index (Phi) is 7.53. The number of hydrogen-bond acceptors (Lipinski definition) is 10. The third-order valence-corrected chi connectivity index (χ3v) is 9.59. The van der Waals surface area contributed by atoms with E-state index in [2.05, 4.69) is 30.3 Å². The minimum atomic E-state index is -1.16. The molecule has 1 amide bonds. The molecule has 3 aromatic carbocycles. The second-order valence-electron chi connectivity index (χ2n) is 10.4. The molecule has 5 N–H and O–H groups in total. The molecule has 1 aliphatic heterocycles. The molecule has 0 unspecified atom stereocenters. The number of aromatic carboxylic acids is 1. The number of anilines is 3. The minimum Gasteiger partial charge on any atom is -0.488 e. The van der Waals surface area contributed by atoms with Crippen molar-refractivity contribution in [2.45, 2.75) is 19.6 Å². The number of aromatic nitrogens is 4. The van der Waals surface area contributed by atoms with Gasteiger partial charge in [-0.3, -0.25) is 15.2 Å². The van der Waals surface area contributed by atoms with E-state index in [1.165, 1.54) is 22.7 Å². The number of nitrogen functional groups attached to an aromatic ring is 1. The number of rotatable bonds is 8. The van der Waals surface area contributed by atoms with Crippen LogP contribution in [0.15, 0.2) is 66.7 Å². The van der Waals surface area contributed by atoms with Gasteiger partial charge in [-0.1, -0.05) is 59.1 Å². The number of ether oxygens (including phenoxy) is 1. The summed E-state index contributed by atoms with van der Waals surface area (Å²) >= 11 is 2.66. The second-order valence-corrected chi connectivity index (χ2v) is 12.5. The highest BCUT2D eigenvalue weighted by atomic mass is 32.1. The van der Waals surface area contributed by atoms with Gasteiger partial charge in [0.25, 0.3) is 11.6 Å². The number of amides is 1. The monoisotopic (exact) mass is 648 g/mol. The summed E-state index contributed by atoms with van der Waals surface area (Å²) in [5.74, 6) is -0.754. The van der Waals surface area contributed by atoms with Crippen molar-refractivity contribution in [1.29, 1.82) is 0 Å². The minimum absolute atomic E-state index is 0.0264. The Morgan fingerprint density at radius 3 is 2.78 bits per heavy atom. The third-order valence-electron chi connectivity index (χ3n) is 7.55. The topological polar surface area (TPSA) is 164 Å². The summed E-state index contributed by atoms with van der Waals surface area (Å²) in [6, 6.07) is 20.4. The highest BCUT2D eigenvalue weighted by Gasteiger charge is 2.27. The van der Waals surface area contributed by atoms with E-state index >= 15 is 0 Å². The number of H-pyrrole nitrogens is 1. The largest absolute Gasteiger partial charge is 0.488 e. The third kappa shape index (κ3) is 5.49. The van der Waals surface area contributed by atoms with Crippen molar-refractivity contribution < 1.29 is 19.4 Å². The van der Waals surface area contributed by atoms with Crippen molar-refractivity contribution in [2.75, 3.05) is 22.5 Å². The lowest BCUT2D eigenvalue weighted by atomic mass is 9.94. The zero-order valence-corrected chi connectivity index (χ0v) is 25.6. The molecule has 4 heterocycles. The van der Waals surface area contributed by atoms with E-state index in [9.17, 15) is 14.7 Å². The van der Waals surface area contributed by atoms with Gasteiger partial charge in [0.05, 0.1) is 21.7 Å². The maximum atomic E-state index is 13.4. The SMILES string of the molecule is [C-]#[N+]c1c(-c2cccc(OCc3sc(N4CCc5cccc(C(=O)Nc6nc7ccccc7s6)c5C4)nc3C(=O)O)c2)n[nH]c1N. The van der Waals surface area contributed by atoms with Crippen LogP contribution in [0.2, 0.25) is 0 Å². The number of aromatic amines is 1. The quantitative estimate of drug-likeness (QED) is 0.137. The fourth-order valence-electron chi connectivity index (χ4n) is 5.33. The van der Waals surface area contributed by atoms with Gasteiger partial charge < -0.3 is 20.5 Å². The number of nitrogens with two attached hydrogens (primary N) is 1. The first kappa shape index (κ1) is 29.0. The number of fused-ring (bicyclic) bond motifs is 2. The second kappa shape index (κ2) is 12.0. The predicted molar refractivity (Wildman–Crippen MR) is 177 cm³/mol. The molecule has 0 aliphatic carbocycles. The number of nitrogens with one attached hydrogen (secondary N) is 2. The molecule has 0 radical (unpaired) electrons. The summed E-state index contributed by atoms with van der Waals surface area (Å²) in [6.45, 7) is 8.37. The number of benzene rings is 3. The van der Waals surface area contributed by atoms with Crippen LogP contribution in [0.5, 0.6) is 5.75 Å². The molecular formula is C32H24N8O4S2. The number of carbonyl (C=O) groups excluding carboxylic acids is 1. The normalized spacial score (nSPS) is 12.5. The molecule has 3 aromatic heterocycles. The zero-order chi connectivity index (χ0) is 31.8. The number of carboxylic acid groups (broad SMARTS) is 1. The molecular weight excluding hydrogens is 625 g/mol. The van der Waals surface area contributed by atoms with Crippen LogP contribution in [0.3, 0.4) is 0 Å². The van der Waals surface area contributed by atoms with Gasteiger partial charge in [-0.05, 0) is 53.4 Å². The Hall–Kier alpha value is -5.78. The van der Waals surface area contributed by atoms with Gasteiger partial charge in [0.2, 0.25) is 0 Å². The molecule has 228 valence electrons. The van der Waals surface area contributed by atoms with Crippen molar-refractivity contribution in [3.8, 4) is 17.0 Å². The lowest BCUT2D eigenvalue weighted by Gasteiger charge is -2.29. The highest BCUT2D eigenvalue weighted by molar-refractivity contribution is 7.22. The molecule has 6 aromatic rings. The van der Waals surface area contributed by atoms with Gasteiger partial charge >= 0.3 is 5.97 Å². The Labute approximate surface area is 269 Å². The van der Waals surface area contributed by atoms with Crippen molar-refractivity contribution >= 4 is 66.5 Å².